The fraction of sp³-hybridized carbons (Fsp3) is 0.556. The molecule has 554 valence electrons. The van der Waals surface area contributed by atoms with E-state index in [-0.39, 0.29) is 60.5 Å². The Bertz CT molecular complexity index is 3370. The van der Waals surface area contributed by atoms with Gasteiger partial charge < -0.3 is 38.8 Å². The molecule has 7 fully saturated rings. The fourth-order valence-electron chi connectivity index (χ4n) is 16.4. The molecule has 6 bridgehead atoms. The number of nitrogens with zero attached hydrogens (tertiary/aromatic N) is 1. The zero-order valence-corrected chi connectivity index (χ0v) is 60.8. The Morgan fingerprint density at radius 1 is 0.535 bits per heavy atom. The maximum absolute atomic E-state index is 14.4. The number of phenols is 1. The van der Waals surface area contributed by atoms with E-state index in [1.165, 1.54) is 69.9 Å². The molecule has 0 saturated heterocycles. The van der Waals surface area contributed by atoms with Gasteiger partial charge in [0.1, 0.15) is 35.8 Å². The Balaban J connectivity index is 0.000000167. The standard InChI is InChI=1S/C34H39O3S.C22H32O2.C15H19F7NO5.C10H14O/c1-6-25(2)29-17-19-30(20-18-29)37-28(5)35-21-22-36-34-26(3)23-33(24-27(34)4)38(31-13-9-7-10-14-31)32-15-11-8-12-16-32;1-4-14(2)16-8-10-18(11-9-16)23-15(3)24-22-13-17-12-21(22)20-7-5-6-19(17)20;16-13(17,10(26-24)23-11(27-25)14(18,19)20)15(21,22)28-12-4-7-1-8(5-12)3-9(2-7)6-12;1-3-8(2)9-4-6-10(11)7-5-9/h7-20,23-25,28H,6,21-22H2,1-5H3;8-11,14-15,17,19-22H,4-7,12-13H2,1-3H3;7-11,24-25H,1-6H2;4-8,11H,3H2,1-2H3/q+1;;-1;. The third-order valence-electron chi connectivity index (χ3n) is 21.6. The highest BCUT2D eigenvalue weighted by Crippen LogP contribution is 2.61. The first-order chi connectivity index (χ1) is 48.2. The average Bonchev–Trinajstić information content (AvgIpc) is 1.69. The lowest BCUT2D eigenvalue weighted by molar-refractivity contribution is -0.435. The summed E-state index contributed by atoms with van der Waals surface area (Å²) in [7, 11) is -0.178. The number of aryl methyl sites for hydroxylation is 2. The Labute approximate surface area is 595 Å². The Morgan fingerprint density at radius 2 is 0.990 bits per heavy atom. The minimum Gasteiger partial charge on any atom is -0.592 e. The molecule has 0 aliphatic heterocycles. The second kappa shape index (κ2) is 35.7. The first-order valence-corrected chi connectivity index (χ1v) is 37.4. The van der Waals surface area contributed by atoms with Gasteiger partial charge in [-0.25, -0.2) is 4.89 Å². The predicted octanol–water partition coefficient (Wildman–Crippen LogP) is 22.2. The highest BCUT2D eigenvalue weighted by atomic mass is 32.2. The third kappa shape index (κ3) is 20.5. The quantitative estimate of drug-likeness (QED) is 0.0108. The van der Waals surface area contributed by atoms with E-state index in [0.717, 1.165) is 84.2 Å². The van der Waals surface area contributed by atoms with Gasteiger partial charge in [0.05, 0.1) is 35.4 Å². The van der Waals surface area contributed by atoms with Crippen molar-refractivity contribution in [3.8, 4) is 23.0 Å². The zero-order valence-electron chi connectivity index (χ0n) is 59.9. The number of alkyl halides is 7. The van der Waals surface area contributed by atoms with E-state index in [2.05, 4.69) is 191 Å². The molecule has 0 spiro atoms. The van der Waals surface area contributed by atoms with Gasteiger partial charge in [0.2, 0.25) is 0 Å². The summed E-state index contributed by atoms with van der Waals surface area (Å²) in [4.78, 5) is 9.88. The molecule has 12 atom stereocenters. The van der Waals surface area contributed by atoms with Crippen LogP contribution in [0.5, 0.6) is 23.0 Å². The van der Waals surface area contributed by atoms with Crippen LogP contribution in [0.15, 0.2) is 160 Å². The number of fused-ring (bicyclic) bond motifs is 5. The molecule has 13 rings (SSSR count). The van der Waals surface area contributed by atoms with Gasteiger partial charge in [-0.05, 0) is 259 Å². The molecule has 12 unspecified atom stereocenters. The molecule has 0 aromatic heterocycles. The molecule has 0 amide bonds. The molecule has 6 aromatic rings. The highest BCUT2D eigenvalue weighted by molar-refractivity contribution is 7.97. The van der Waals surface area contributed by atoms with Crippen molar-refractivity contribution < 1.29 is 84.6 Å². The maximum Gasteiger partial charge on any atom is 0.420 e. The van der Waals surface area contributed by atoms with Gasteiger partial charge in [-0.1, -0.05) is 121 Å². The monoisotopic (exact) mass is 1430 g/mol. The van der Waals surface area contributed by atoms with Crippen molar-refractivity contribution in [3.05, 3.63) is 179 Å². The van der Waals surface area contributed by atoms with Gasteiger partial charge in [-0.15, -0.1) is 0 Å². The summed E-state index contributed by atoms with van der Waals surface area (Å²) in [5, 5.41) is 27.8. The van der Waals surface area contributed by atoms with Crippen LogP contribution in [0.4, 0.5) is 30.7 Å². The molecule has 3 N–H and O–H groups in total. The lowest BCUT2D eigenvalue weighted by Gasteiger charge is -2.57. The number of ether oxygens (including phenoxy) is 6. The van der Waals surface area contributed by atoms with Crippen LogP contribution in [-0.2, 0) is 34.9 Å². The third-order valence-corrected chi connectivity index (χ3v) is 23.8. The molecule has 7 saturated carbocycles. The van der Waals surface area contributed by atoms with Crippen LogP contribution in [0.25, 0.3) is 5.32 Å². The van der Waals surface area contributed by atoms with Gasteiger partial charge >= 0.3 is 18.2 Å². The van der Waals surface area contributed by atoms with Crippen LogP contribution in [0.1, 0.15) is 191 Å². The van der Waals surface area contributed by atoms with E-state index in [9.17, 15) is 30.7 Å². The number of hydrogen-bond donors (Lipinski definition) is 3. The summed E-state index contributed by atoms with van der Waals surface area (Å²) < 4.78 is 130. The second-order valence-electron chi connectivity index (χ2n) is 28.8. The first-order valence-electron chi connectivity index (χ1n) is 36.2. The highest BCUT2D eigenvalue weighted by Gasteiger charge is 2.66. The predicted molar refractivity (Wildman–Crippen MR) is 378 cm³/mol. The van der Waals surface area contributed by atoms with Crippen LogP contribution < -0.4 is 14.2 Å². The van der Waals surface area contributed by atoms with Crippen molar-refractivity contribution in [1.29, 1.82) is 0 Å². The molecule has 6 aromatic carbocycles. The Hall–Kier alpha value is -5.94. The number of phenolic OH excluding ortho intramolecular Hbond substituents is 1. The van der Waals surface area contributed by atoms with Crippen molar-refractivity contribution >= 4 is 10.9 Å². The van der Waals surface area contributed by atoms with E-state index in [0.29, 0.717) is 42.8 Å². The van der Waals surface area contributed by atoms with Crippen LogP contribution >= 0.6 is 0 Å². The number of benzene rings is 6. The van der Waals surface area contributed by atoms with Crippen molar-refractivity contribution in [1.82, 2.24) is 0 Å². The van der Waals surface area contributed by atoms with E-state index < -0.39 is 36.3 Å². The molecule has 0 heterocycles. The van der Waals surface area contributed by atoms with Gasteiger partial charge in [0.15, 0.2) is 27.3 Å². The van der Waals surface area contributed by atoms with Crippen molar-refractivity contribution in [2.24, 2.45) is 41.4 Å². The number of hydrogen-bond acceptors (Lipinski definition) is 11. The van der Waals surface area contributed by atoms with Crippen molar-refractivity contribution in [2.45, 2.75) is 247 Å². The summed E-state index contributed by atoms with van der Waals surface area (Å²) >= 11 is 0. The van der Waals surface area contributed by atoms with Gasteiger partial charge in [-0.2, -0.15) is 30.7 Å². The summed E-state index contributed by atoms with van der Waals surface area (Å²) in [6.45, 7) is 22.4. The zero-order chi connectivity index (χ0) is 72.8. The number of rotatable bonds is 28. The molecule has 101 heavy (non-hydrogen) atoms. The Morgan fingerprint density at radius 3 is 1.45 bits per heavy atom. The van der Waals surface area contributed by atoms with Crippen molar-refractivity contribution in [3.63, 3.8) is 0 Å². The Kier molecular flexibility index (Phi) is 28.0. The second-order valence-corrected chi connectivity index (χ2v) is 30.9. The van der Waals surface area contributed by atoms with Gasteiger partial charge in [0.25, 0.3) is 0 Å². The lowest BCUT2D eigenvalue weighted by Crippen LogP contribution is -2.60. The number of halogens is 7. The van der Waals surface area contributed by atoms with E-state index >= 15 is 0 Å². The largest absolute Gasteiger partial charge is 0.592 e. The normalized spacial score (nSPS) is 24.7. The molecule has 7 aliphatic carbocycles. The van der Waals surface area contributed by atoms with Gasteiger partial charge in [0, 0.05) is 12.1 Å². The lowest BCUT2D eigenvalue weighted by atomic mass is 9.54. The summed E-state index contributed by atoms with van der Waals surface area (Å²) in [6.07, 6.45) is -4.83. The molecular formula is C81H104F7NO11S. The van der Waals surface area contributed by atoms with Crippen LogP contribution in [0.3, 0.4) is 0 Å². The minimum absolute atomic E-state index is 0.0719. The molecular weight excluding hydrogens is 1330 g/mol. The average molecular weight is 1430 g/mol. The van der Waals surface area contributed by atoms with E-state index in [4.69, 9.17) is 39.3 Å². The molecule has 7 aliphatic rings. The van der Waals surface area contributed by atoms with E-state index in [1.54, 1.807) is 12.1 Å². The minimum atomic E-state index is -5.52. The van der Waals surface area contributed by atoms with Crippen LogP contribution in [0, 0.1) is 55.3 Å². The maximum atomic E-state index is 14.4. The first kappa shape index (κ1) is 79.2. The van der Waals surface area contributed by atoms with Gasteiger partial charge in [-0.3, -0.25) is 15.4 Å². The number of aromatic hydroxyl groups is 1. The summed E-state index contributed by atoms with van der Waals surface area (Å²) in [6, 6.07) is 50.3. The van der Waals surface area contributed by atoms with E-state index in [1.807, 2.05) is 31.2 Å². The SMILES string of the molecule is CCC(C)c1ccc(O)cc1.CCC(C)c1ccc(OC(C)OC2CC3CC2C2CCCC32)cc1.CCC(C)c1ccc(OC(C)OCCOc2c(C)cc([S+](c3ccccc3)c3ccccc3)cc2C)cc1.OOC([N-]C(OO)C(F)(F)C(F)(F)OC12CC3CC(CC(C3)C1)C2)C(F)(F)F. The summed E-state index contributed by atoms with van der Waals surface area (Å²) in [5.74, 6) is 3.24. The van der Waals surface area contributed by atoms with Crippen molar-refractivity contribution in [2.75, 3.05) is 13.2 Å². The van der Waals surface area contributed by atoms with Crippen LogP contribution in [0.2, 0.25) is 0 Å². The molecule has 12 nitrogen and oxygen atoms in total. The smallest absolute Gasteiger partial charge is 0.420 e. The topological polar surface area (TPSA) is 149 Å². The molecule has 0 radical (unpaired) electrons. The van der Waals surface area contributed by atoms with Crippen LogP contribution in [-0.4, -0.2) is 83.8 Å². The fourth-order valence-corrected chi connectivity index (χ4v) is 18.6. The molecule has 20 heteroatoms. The summed E-state index contributed by atoms with van der Waals surface area (Å²) in [5.41, 5.74) is 4.77.